The summed E-state index contributed by atoms with van der Waals surface area (Å²) < 4.78 is 0. The second-order valence-corrected chi connectivity index (χ2v) is 4.57. The lowest BCUT2D eigenvalue weighted by Gasteiger charge is -2.34. The molecule has 1 fully saturated rings. The van der Waals surface area contributed by atoms with E-state index in [4.69, 9.17) is 0 Å². The average molecular weight is 231 g/mol. The second-order valence-electron chi connectivity index (χ2n) is 4.57. The van der Waals surface area contributed by atoms with E-state index in [9.17, 15) is 0 Å². The first-order valence-corrected chi connectivity index (χ1v) is 6.11. The maximum Gasteiger partial charge on any atom is 0.0367 e. The predicted octanol–water partition coefficient (Wildman–Crippen LogP) is 1.63. The largest absolute Gasteiger partial charge is 0.388 e. The Bertz CT molecular complexity index is 375. The highest BCUT2D eigenvalue weighted by Gasteiger charge is 2.13. The van der Waals surface area contributed by atoms with Crippen LogP contribution in [0.4, 0.5) is 5.69 Å². The first-order chi connectivity index (χ1) is 8.20. The average Bonchev–Trinajstić information content (AvgIpc) is 2.39. The Balaban J connectivity index is 2.05. The van der Waals surface area contributed by atoms with Crippen LogP contribution in [0.5, 0.6) is 0 Å². The summed E-state index contributed by atoms with van der Waals surface area (Å²) in [5.41, 5.74) is 3.44. The van der Waals surface area contributed by atoms with E-state index in [0.29, 0.717) is 0 Å². The zero-order valence-electron chi connectivity index (χ0n) is 10.7. The van der Waals surface area contributed by atoms with E-state index in [0.717, 1.165) is 37.4 Å². The minimum atomic E-state index is 0.968. The fraction of sp³-hybridized carbons (Fsp3) is 0.429. The molecule has 0 unspecified atom stereocenters. The number of rotatable bonds is 3. The Morgan fingerprint density at radius 3 is 2.24 bits per heavy atom. The summed E-state index contributed by atoms with van der Waals surface area (Å²) in [6.45, 7) is 8.48. The van der Waals surface area contributed by atoms with Crippen LogP contribution in [-0.4, -0.2) is 45.2 Å². The van der Waals surface area contributed by atoms with E-state index in [1.165, 1.54) is 5.69 Å². The molecule has 1 N–H and O–H groups in total. The van der Waals surface area contributed by atoms with E-state index < -0.39 is 0 Å². The van der Waals surface area contributed by atoms with Crippen molar-refractivity contribution in [3.63, 3.8) is 0 Å². The monoisotopic (exact) mass is 231 g/mol. The van der Waals surface area contributed by atoms with Gasteiger partial charge in [0.1, 0.15) is 0 Å². The molecular weight excluding hydrogens is 210 g/mol. The lowest BCUT2D eigenvalue weighted by Crippen LogP contribution is -2.44. The first-order valence-electron chi connectivity index (χ1n) is 6.11. The molecule has 0 spiro atoms. The van der Waals surface area contributed by atoms with Crippen molar-refractivity contribution in [1.82, 2.24) is 10.2 Å². The van der Waals surface area contributed by atoms with Gasteiger partial charge in [0.2, 0.25) is 0 Å². The Kier molecular flexibility index (Phi) is 3.69. The van der Waals surface area contributed by atoms with E-state index >= 15 is 0 Å². The third kappa shape index (κ3) is 2.80. The molecule has 0 amide bonds. The van der Waals surface area contributed by atoms with Gasteiger partial charge in [-0.2, -0.15) is 0 Å². The van der Waals surface area contributed by atoms with Crippen molar-refractivity contribution in [3.05, 3.63) is 36.4 Å². The Labute approximate surface area is 104 Å². The number of hydrogen-bond acceptors (Lipinski definition) is 3. The van der Waals surface area contributed by atoms with Crippen molar-refractivity contribution >= 4 is 11.4 Å². The van der Waals surface area contributed by atoms with Gasteiger partial charge < -0.3 is 15.1 Å². The van der Waals surface area contributed by atoms with E-state index in [-0.39, 0.29) is 0 Å². The molecule has 1 aliphatic rings. The van der Waals surface area contributed by atoms with Gasteiger partial charge in [-0.15, -0.1) is 0 Å². The topological polar surface area (TPSA) is 18.5 Å². The number of likely N-dealkylation sites (N-methyl/N-ethyl adjacent to an activating group) is 1. The maximum atomic E-state index is 3.96. The maximum absolute atomic E-state index is 3.96. The molecular formula is C14H21N3. The van der Waals surface area contributed by atoms with Gasteiger partial charge in [-0.3, -0.25) is 0 Å². The molecule has 0 aliphatic carbocycles. The number of nitrogens with one attached hydrogen (secondary N) is 1. The highest BCUT2D eigenvalue weighted by Crippen LogP contribution is 2.19. The summed E-state index contributed by atoms with van der Waals surface area (Å²) >= 11 is 0. The molecule has 1 aliphatic heterocycles. The Morgan fingerprint density at radius 1 is 1.12 bits per heavy atom. The summed E-state index contributed by atoms with van der Waals surface area (Å²) in [5, 5.41) is 3.07. The number of hydrogen-bond donors (Lipinski definition) is 1. The molecule has 1 aromatic carbocycles. The number of anilines is 1. The molecule has 1 saturated heterocycles. The van der Waals surface area contributed by atoms with Crippen molar-refractivity contribution < 1.29 is 0 Å². The smallest absolute Gasteiger partial charge is 0.0367 e. The van der Waals surface area contributed by atoms with Crippen molar-refractivity contribution in [1.29, 1.82) is 0 Å². The molecule has 0 aromatic heterocycles. The molecule has 1 heterocycles. The van der Waals surface area contributed by atoms with Gasteiger partial charge in [-0.25, -0.2) is 0 Å². The second kappa shape index (κ2) is 5.23. The van der Waals surface area contributed by atoms with Crippen LogP contribution in [0.3, 0.4) is 0 Å². The lowest BCUT2D eigenvalue weighted by atomic mass is 10.1. The summed E-state index contributed by atoms with van der Waals surface area (Å²) in [6.07, 6.45) is 0. The standard InChI is InChI=1S/C14H21N3/c1-12(15-2)13-4-6-14(7-5-13)17-10-8-16(3)9-11-17/h4-7,15H,1,8-11H2,2-3H3. The normalized spacial score (nSPS) is 16.9. The van der Waals surface area contributed by atoms with E-state index in [1.807, 2.05) is 7.05 Å². The van der Waals surface area contributed by atoms with Gasteiger partial charge in [-0.05, 0) is 24.7 Å². The van der Waals surface area contributed by atoms with Crippen molar-refractivity contribution in [3.8, 4) is 0 Å². The Hall–Kier alpha value is -1.48. The first kappa shape index (κ1) is 12.0. The van der Waals surface area contributed by atoms with Gasteiger partial charge in [0, 0.05) is 44.6 Å². The van der Waals surface area contributed by atoms with Gasteiger partial charge >= 0.3 is 0 Å². The summed E-state index contributed by atoms with van der Waals surface area (Å²) in [5.74, 6) is 0. The van der Waals surface area contributed by atoms with Gasteiger partial charge in [0.25, 0.3) is 0 Å². The Morgan fingerprint density at radius 2 is 1.71 bits per heavy atom. The van der Waals surface area contributed by atoms with Crippen LogP contribution < -0.4 is 10.2 Å². The van der Waals surface area contributed by atoms with Crippen molar-refractivity contribution in [2.75, 3.05) is 45.2 Å². The highest BCUT2D eigenvalue weighted by atomic mass is 15.2. The molecule has 92 valence electrons. The summed E-state index contributed by atoms with van der Waals surface area (Å²) in [6, 6.07) is 8.63. The minimum Gasteiger partial charge on any atom is -0.388 e. The molecule has 2 rings (SSSR count). The van der Waals surface area contributed by atoms with Crippen LogP contribution in [0.2, 0.25) is 0 Å². The van der Waals surface area contributed by atoms with E-state index in [2.05, 4.69) is 53.0 Å². The third-order valence-corrected chi connectivity index (χ3v) is 3.39. The van der Waals surface area contributed by atoms with Gasteiger partial charge in [-0.1, -0.05) is 18.7 Å². The fourth-order valence-corrected chi connectivity index (χ4v) is 2.08. The fourth-order valence-electron chi connectivity index (χ4n) is 2.08. The highest BCUT2D eigenvalue weighted by molar-refractivity contribution is 5.64. The molecule has 1 aromatic rings. The zero-order chi connectivity index (χ0) is 12.3. The number of benzene rings is 1. The molecule has 17 heavy (non-hydrogen) atoms. The van der Waals surface area contributed by atoms with Crippen LogP contribution in [0, 0.1) is 0 Å². The quantitative estimate of drug-likeness (QED) is 0.853. The third-order valence-electron chi connectivity index (χ3n) is 3.39. The van der Waals surface area contributed by atoms with Crippen LogP contribution in [0.15, 0.2) is 30.8 Å². The van der Waals surface area contributed by atoms with Gasteiger partial charge in [0.15, 0.2) is 0 Å². The van der Waals surface area contributed by atoms with Crippen LogP contribution >= 0.6 is 0 Å². The SMILES string of the molecule is C=C(NC)c1ccc(N2CCN(C)CC2)cc1. The molecule has 0 bridgehead atoms. The van der Waals surface area contributed by atoms with E-state index in [1.54, 1.807) is 0 Å². The molecule has 0 saturated carbocycles. The molecule has 3 nitrogen and oxygen atoms in total. The van der Waals surface area contributed by atoms with Crippen LogP contribution in [0.1, 0.15) is 5.56 Å². The molecule has 0 radical (unpaired) electrons. The summed E-state index contributed by atoms with van der Waals surface area (Å²) in [7, 11) is 4.08. The summed E-state index contributed by atoms with van der Waals surface area (Å²) in [4.78, 5) is 4.81. The van der Waals surface area contributed by atoms with Crippen LogP contribution in [0.25, 0.3) is 5.70 Å². The van der Waals surface area contributed by atoms with Crippen LogP contribution in [-0.2, 0) is 0 Å². The zero-order valence-corrected chi connectivity index (χ0v) is 10.7. The molecule has 0 atom stereocenters. The molecule has 3 heteroatoms. The number of nitrogens with zero attached hydrogens (tertiary/aromatic N) is 2. The number of piperazine rings is 1. The van der Waals surface area contributed by atoms with Crippen molar-refractivity contribution in [2.24, 2.45) is 0 Å². The minimum absolute atomic E-state index is 0.968. The predicted molar refractivity (Wildman–Crippen MR) is 74.2 cm³/mol. The lowest BCUT2D eigenvalue weighted by molar-refractivity contribution is 0.313. The van der Waals surface area contributed by atoms with Gasteiger partial charge in [0.05, 0.1) is 0 Å². The van der Waals surface area contributed by atoms with Crippen molar-refractivity contribution in [2.45, 2.75) is 0 Å².